The van der Waals surface area contributed by atoms with Gasteiger partial charge in [0.1, 0.15) is 0 Å². The van der Waals surface area contributed by atoms with Gasteiger partial charge >= 0.3 is 0 Å². The van der Waals surface area contributed by atoms with E-state index in [0.717, 1.165) is 5.56 Å². The van der Waals surface area contributed by atoms with Gasteiger partial charge in [-0.3, -0.25) is 0 Å². The number of aryl methyl sites for hydroxylation is 1. The lowest BCUT2D eigenvalue weighted by Gasteiger charge is -2.12. The smallest absolute Gasteiger partial charge is 0.205 e. The fourth-order valence-corrected chi connectivity index (χ4v) is 1.11. The van der Waals surface area contributed by atoms with Crippen LogP contribution >= 0.6 is 0 Å². The summed E-state index contributed by atoms with van der Waals surface area (Å²) in [4.78, 5) is 0. The average Bonchev–Trinajstić information content (AvgIpc) is 2.13. The molecule has 13 heavy (non-hydrogen) atoms. The Kier molecular flexibility index (Phi) is 2.51. The molecule has 3 N–H and O–H groups in total. The number of rotatable bonds is 2. The third-order valence-electron chi connectivity index (χ3n) is 1.89. The molecule has 0 aliphatic carbocycles. The molecule has 0 bridgehead atoms. The van der Waals surface area contributed by atoms with E-state index in [-0.39, 0.29) is 11.5 Å². The maximum absolute atomic E-state index is 9.56. The molecule has 1 aromatic carbocycles. The van der Waals surface area contributed by atoms with Crippen molar-refractivity contribution in [2.24, 2.45) is 0 Å². The van der Waals surface area contributed by atoms with Crippen LogP contribution in [0.5, 0.6) is 17.2 Å². The zero-order chi connectivity index (χ0) is 10.0. The summed E-state index contributed by atoms with van der Waals surface area (Å²) in [6.45, 7) is 1.79. The van der Waals surface area contributed by atoms with Crippen LogP contribution in [0.25, 0.3) is 0 Å². The van der Waals surface area contributed by atoms with Gasteiger partial charge < -0.3 is 20.3 Å². The van der Waals surface area contributed by atoms with Crippen LogP contribution in [0.4, 0.5) is 5.69 Å². The van der Waals surface area contributed by atoms with Gasteiger partial charge in [0.05, 0.1) is 19.9 Å². The van der Waals surface area contributed by atoms with Crippen LogP contribution in [0.2, 0.25) is 0 Å². The molecule has 4 heteroatoms. The summed E-state index contributed by atoms with van der Waals surface area (Å²) in [6, 6.07) is 1.72. The zero-order valence-corrected chi connectivity index (χ0v) is 7.92. The largest absolute Gasteiger partial charge is 0.503 e. The summed E-state index contributed by atoms with van der Waals surface area (Å²) < 4.78 is 9.96. The number of ether oxygens (including phenoxy) is 2. The zero-order valence-electron chi connectivity index (χ0n) is 7.92. The highest BCUT2D eigenvalue weighted by Gasteiger charge is 2.14. The first-order valence-electron chi connectivity index (χ1n) is 3.81. The summed E-state index contributed by atoms with van der Waals surface area (Å²) >= 11 is 0. The van der Waals surface area contributed by atoms with Crippen LogP contribution in [0.3, 0.4) is 0 Å². The minimum absolute atomic E-state index is 0.0700. The predicted molar refractivity (Wildman–Crippen MR) is 50.4 cm³/mol. The van der Waals surface area contributed by atoms with E-state index in [4.69, 9.17) is 15.2 Å². The van der Waals surface area contributed by atoms with Gasteiger partial charge in [-0.25, -0.2) is 0 Å². The number of methoxy groups -OCH3 is 2. The Morgan fingerprint density at radius 1 is 1.31 bits per heavy atom. The third-order valence-corrected chi connectivity index (χ3v) is 1.89. The second-order valence-electron chi connectivity index (χ2n) is 2.69. The summed E-state index contributed by atoms with van der Waals surface area (Å²) in [5, 5.41) is 9.56. The fourth-order valence-electron chi connectivity index (χ4n) is 1.11. The first-order valence-corrected chi connectivity index (χ1v) is 3.81. The molecule has 0 saturated carbocycles. The Morgan fingerprint density at radius 2 is 1.92 bits per heavy atom. The van der Waals surface area contributed by atoms with Crippen LogP contribution in [-0.4, -0.2) is 19.3 Å². The van der Waals surface area contributed by atoms with E-state index in [1.54, 1.807) is 13.0 Å². The monoisotopic (exact) mass is 183 g/mol. The van der Waals surface area contributed by atoms with Crippen LogP contribution < -0.4 is 15.2 Å². The Labute approximate surface area is 76.9 Å². The van der Waals surface area contributed by atoms with Crippen LogP contribution in [0.1, 0.15) is 5.56 Å². The number of nitrogen functional groups attached to an aromatic ring is 1. The maximum Gasteiger partial charge on any atom is 0.205 e. The Bertz CT molecular complexity index is 323. The van der Waals surface area contributed by atoms with E-state index in [1.165, 1.54) is 14.2 Å². The van der Waals surface area contributed by atoms with E-state index >= 15 is 0 Å². The lowest BCUT2D eigenvalue weighted by Crippen LogP contribution is -1.96. The standard InChI is InChI=1S/C9H13NO3/c1-5-4-6(12-2)9(13-3)8(11)7(5)10/h4,11H,10H2,1-3H3. The van der Waals surface area contributed by atoms with E-state index < -0.39 is 0 Å². The molecule has 0 atom stereocenters. The number of hydrogen-bond acceptors (Lipinski definition) is 4. The fraction of sp³-hybridized carbons (Fsp3) is 0.333. The Morgan fingerprint density at radius 3 is 2.38 bits per heavy atom. The summed E-state index contributed by atoms with van der Waals surface area (Å²) in [6.07, 6.45) is 0. The van der Waals surface area contributed by atoms with Gasteiger partial charge in [-0.1, -0.05) is 0 Å². The van der Waals surface area contributed by atoms with E-state index in [1.807, 2.05) is 0 Å². The van der Waals surface area contributed by atoms with Crippen LogP contribution in [0.15, 0.2) is 6.07 Å². The number of hydrogen-bond donors (Lipinski definition) is 2. The van der Waals surface area contributed by atoms with Gasteiger partial charge in [-0.05, 0) is 18.6 Å². The molecule has 0 aromatic heterocycles. The highest BCUT2D eigenvalue weighted by molar-refractivity contribution is 5.68. The number of benzene rings is 1. The van der Waals surface area contributed by atoms with Crippen molar-refractivity contribution in [1.29, 1.82) is 0 Å². The quantitative estimate of drug-likeness (QED) is 0.535. The molecule has 72 valence electrons. The molecule has 4 nitrogen and oxygen atoms in total. The van der Waals surface area contributed by atoms with Crippen molar-refractivity contribution in [2.45, 2.75) is 6.92 Å². The van der Waals surface area contributed by atoms with E-state index in [2.05, 4.69) is 0 Å². The molecule has 0 aliphatic heterocycles. The van der Waals surface area contributed by atoms with Crippen molar-refractivity contribution >= 4 is 5.69 Å². The molecule has 1 aromatic rings. The Hall–Kier alpha value is -1.58. The molecule has 0 aliphatic rings. The summed E-state index contributed by atoms with van der Waals surface area (Å²) in [5.41, 5.74) is 6.67. The van der Waals surface area contributed by atoms with E-state index in [9.17, 15) is 5.11 Å². The molecule has 0 amide bonds. The van der Waals surface area contributed by atoms with Gasteiger partial charge in [0.2, 0.25) is 5.75 Å². The molecule has 0 heterocycles. The van der Waals surface area contributed by atoms with Crippen molar-refractivity contribution in [3.8, 4) is 17.2 Å². The molecular weight excluding hydrogens is 170 g/mol. The normalized spacial score (nSPS) is 9.77. The van der Waals surface area contributed by atoms with Gasteiger partial charge in [0.25, 0.3) is 0 Å². The maximum atomic E-state index is 9.56. The van der Waals surface area contributed by atoms with Crippen LogP contribution in [-0.2, 0) is 0 Å². The lowest BCUT2D eigenvalue weighted by atomic mass is 10.1. The predicted octanol–water partition coefficient (Wildman–Crippen LogP) is 1.30. The second-order valence-corrected chi connectivity index (χ2v) is 2.69. The minimum Gasteiger partial charge on any atom is -0.503 e. The number of phenolic OH excluding ortho intramolecular Hbond substituents is 1. The van der Waals surface area contributed by atoms with Gasteiger partial charge in [-0.2, -0.15) is 0 Å². The summed E-state index contributed by atoms with van der Waals surface area (Å²) in [5.74, 6) is 0.677. The lowest BCUT2D eigenvalue weighted by molar-refractivity contribution is 0.333. The number of aromatic hydroxyl groups is 1. The van der Waals surface area contributed by atoms with Gasteiger partial charge in [0.15, 0.2) is 11.5 Å². The third kappa shape index (κ3) is 1.47. The number of phenols is 1. The molecule has 0 unspecified atom stereocenters. The van der Waals surface area contributed by atoms with Crippen molar-refractivity contribution in [1.82, 2.24) is 0 Å². The first kappa shape index (κ1) is 9.51. The van der Waals surface area contributed by atoms with Crippen molar-refractivity contribution < 1.29 is 14.6 Å². The molecule has 1 rings (SSSR count). The molecule has 0 saturated heterocycles. The van der Waals surface area contributed by atoms with Gasteiger partial charge in [-0.15, -0.1) is 0 Å². The summed E-state index contributed by atoms with van der Waals surface area (Å²) in [7, 11) is 2.96. The molecule has 0 spiro atoms. The second kappa shape index (κ2) is 3.43. The van der Waals surface area contributed by atoms with Crippen LogP contribution in [0, 0.1) is 6.92 Å². The first-order chi connectivity index (χ1) is 6.11. The van der Waals surface area contributed by atoms with Gasteiger partial charge in [0, 0.05) is 0 Å². The molecule has 0 radical (unpaired) electrons. The molecule has 0 fully saturated rings. The highest BCUT2D eigenvalue weighted by Crippen LogP contribution is 2.42. The van der Waals surface area contributed by atoms with E-state index in [0.29, 0.717) is 11.4 Å². The minimum atomic E-state index is -0.0700. The average molecular weight is 183 g/mol. The SMILES string of the molecule is COc1cc(C)c(N)c(O)c1OC. The van der Waals surface area contributed by atoms with Crippen molar-refractivity contribution in [3.63, 3.8) is 0 Å². The van der Waals surface area contributed by atoms with Crippen molar-refractivity contribution in [3.05, 3.63) is 11.6 Å². The van der Waals surface area contributed by atoms with Crippen molar-refractivity contribution in [2.75, 3.05) is 20.0 Å². The topological polar surface area (TPSA) is 64.7 Å². The molecular formula is C9H13NO3. The highest BCUT2D eigenvalue weighted by atomic mass is 16.5. The Balaban J connectivity index is 3.39. The number of nitrogens with two attached hydrogens (primary N) is 1. The number of anilines is 1.